The third-order valence-electron chi connectivity index (χ3n) is 2.93. The van der Waals surface area contributed by atoms with Gasteiger partial charge >= 0.3 is 6.09 Å². The van der Waals surface area contributed by atoms with Crippen molar-refractivity contribution in [3.63, 3.8) is 0 Å². The van der Waals surface area contributed by atoms with Crippen LogP contribution in [0.1, 0.15) is 46.5 Å². The second kappa shape index (κ2) is 6.24. The molecule has 1 fully saturated rings. The molecule has 0 aliphatic carbocycles. The van der Waals surface area contributed by atoms with Crippen LogP contribution in [0.25, 0.3) is 0 Å². The molecule has 4 nitrogen and oxygen atoms in total. The second-order valence-electron chi connectivity index (χ2n) is 5.84. The van der Waals surface area contributed by atoms with E-state index < -0.39 is 5.60 Å². The van der Waals surface area contributed by atoms with Crippen molar-refractivity contribution in [2.24, 2.45) is 0 Å². The van der Waals surface area contributed by atoms with Crippen LogP contribution in [-0.2, 0) is 4.74 Å². The van der Waals surface area contributed by atoms with Crippen LogP contribution in [0.15, 0.2) is 0 Å². The van der Waals surface area contributed by atoms with Crippen LogP contribution in [0, 0.1) is 0 Å². The van der Waals surface area contributed by atoms with Gasteiger partial charge in [0, 0.05) is 19.6 Å². The fraction of sp³-hybridized carbons (Fsp3) is 0.923. The van der Waals surface area contributed by atoms with Crippen molar-refractivity contribution in [2.75, 3.05) is 20.1 Å². The number of nitrogens with one attached hydrogen (secondary N) is 1. The lowest BCUT2D eigenvalue weighted by Crippen LogP contribution is -2.39. The number of hydrogen-bond acceptors (Lipinski definition) is 3. The number of hydrogen-bond donors (Lipinski definition) is 1. The Hall–Kier alpha value is -0.770. The predicted octanol–water partition coefficient (Wildman–Crippen LogP) is 2.39. The highest BCUT2D eigenvalue weighted by atomic mass is 16.6. The minimum Gasteiger partial charge on any atom is -0.444 e. The van der Waals surface area contributed by atoms with Crippen LogP contribution in [0.2, 0.25) is 0 Å². The van der Waals surface area contributed by atoms with Crippen molar-refractivity contribution in [3.05, 3.63) is 0 Å². The van der Waals surface area contributed by atoms with Gasteiger partial charge < -0.3 is 15.0 Å². The molecule has 1 rings (SSSR count). The summed E-state index contributed by atoms with van der Waals surface area (Å²) in [6, 6.07) is 0.564. The third-order valence-corrected chi connectivity index (χ3v) is 2.93. The molecule has 1 aliphatic heterocycles. The van der Waals surface area contributed by atoms with Gasteiger partial charge in [-0.05, 0) is 46.6 Å². The van der Waals surface area contributed by atoms with Gasteiger partial charge in [0.1, 0.15) is 5.60 Å². The van der Waals surface area contributed by atoms with Gasteiger partial charge in [-0.15, -0.1) is 0 Å². The lowest BCUT2D eigenvalue weighted by Gasteiger charge is -2.27. The number of carbonyl (C=O) groups excluding carboxylic acids is 1. The standard InChI is InChI=1S/C13H26N2O2/c1-13(2,3)17-12(16)15(4)10-8-11-7-5-6-9-14-11/h11,14H,5-10H2,1-4H3/t11-/m1/s1. The molecule has 1 saturated heterocycles. The first kappa shape index (κ1) is 14.3. The largest absolute Gasteiger partial charge is 0.444 e. The monoisotopic (exact) mass is 242 g/mol. The van der Waals surface area contributed by atoms with Crippen LogP contribution in [0.5, 0.6) is 0 Å². The summed E-state index contributed by atoms with van der Waals surface area (Å²) in [7, 11) is 1.80. The molecule has 1 amide bonds. The Morgan fingerprint density at radius 1 is 1.41 bits per heavy atom. The Kier molecular flexibility index (Phi) is 5.25. The minimum absolute atomic E-state index is 0.228. The van der Waals surface area contributed by atoms with Crippen molar-refractivity contribution in [1.29, 1.82) is 0 Å². The van der Waals surface area contributed by atoms with E-state index in [4.69, 9.17) is 4.74 Å². The zero-order valence-corrected chi connectivity index (χ0v) is 11.6. The molecule has 17 heavy (non-hydrogen) atoms. The van der Waals surface area contributed by atoms with Crippen molar-refractivity contribution >= 4 is 6.09 Å². The predicted molar refractivity (Wildman–Crippen MR) is 69.1 cm³/mol. The summed E-state index contributed by atoms with van der Waals surface area (Å²) in [5.74, 6) is 0. The van der Waals surface area contributed by atoms with Gasteiger partial charge in [-0.1, -0.05) is 6.42 Å². The van der Waals surface area contributed by atoms with Gasteiger partial charge in [-0.2, -0.15) is 0 Å². The molecule has 0 unspecified atom stereocenters. The summed E-state index contributed by atoms with van der Waals surface area (Å²) in [5.41, 5.74) is -0.408. The summed E-state index contributed by atoms with van der Waals surface area (Å²) >= 11 is 0. The van der Waals surface area contributed by atoms with Gasteiger partial charge in [-0.25, -0.2) is 4.79 Å². The fourth-order valence-corrected chi connectivity index (χ4v) is 1.95. The molecule has 100 valence electrons. The molecule has 0 spiro atoms. The lowest BCUT2D eigenvalue weighted by molar-refractivity contribution is 0.0292. The smallest absolute Gasteiger partial charge is 0.410 e. The van der Waals surface area contributed by atoms with E-state index >= 15 is 0 Å². The highest BCUT2D eigenvalue weighted by Gasteiger charge is 2.20. The van der Waals surface area contributed by atoms with Gasteiger partial charge in [0.05, 0.1) is 0 Å². The summed E-state index contributed by atoms with van der Waals surface area (Å²) in [4.78, 5) is 13.4. The quantitative estimate of drug-likeness (QED) is 0.826. The highest BCUT2D eigenvalue weighted by Crippen LogP contribution is 2.12. The molecule has 0 saturated carbocycles. The first-order valence-electron chi connectivity index (χ1n) is 6.56. The van der Waals surface area contributed by atoms with E-state index in [1.54, 1.807) is 11.9 Å². The molecule has 1 atom stereocenters. The number of piperidine rings is 1. The maximum atomic E-state index is 11.7. The molecule has 0 aromatic carbocycles. The van der Waals surface area contributed by atoms with Crippen molar-refractivity contribution < 1.29 is 9.53 Å². The number of nitrogens with zero attached hydrogens (tertiary/aromatic N) is 1. The van der Waals surface area contributed by atoms with E-state index in [2.05, 4.69) is 5.32 Å². The number of carbonyl (C=O) groups is 1. The van der Waals surface area contributed by atoms with Gasteiger partial charge in [0.25, 0.3) is 0 Å². The number of rotatable bonds is 3. The lowest BCUT2D eigenvalue weighted by atomic mass is 10.0. The number of ether oxygens (including phenoxy) is 1. The molecular formula is C13H26N2O2. The third kappa shape index (κ3) is 5.91. The average molecular weight is 242 g/mol. The van der Waals surface area contributed by atoms with E-state index in [1.165, 1.54) is 19.3 Å². The second-order valence-corrected chi connectivity index (χ2v) is 5.84. The first-order chi connectivity index (χ1) is 7.88. The molecule has 1 heterocycles. The van der Waals surface area contributed by atoms with Crippen LogP contribution in [-0.4, -0.2) is 42.8 Å². The number of amides is 1. The van der Waals surface area contributed by atoms with Crippen molar-refractivity contribution in [1.82, 2.24) is 10.2 Å². The van der Waals surface area contributed by atoms with E-state index in [0.717, 1.165) is 19.5 Å². The molecular weight excluding hydrogens is 216 g/mol. The summed E-state index contributed by atoms with van der Waals surface area (Å²) < 4.78 is 5.31. The van der Waals surface area contributed by atoms with Crippen LogP contribution in [0.3, 0.4) is 0 Å². The van der Waals surface area contributed by atoms with Gasteiger partial charge in [-0.3, -0.25) is 0 Å². The fourth-order valence-electron chi connectivity index (χ4n) is 1.95. The van der Waals surface area contributed by atoms with Crippen LogP contribution in [0.4, 0.5) is 4.79 Å². The Morgan fingerprint density at radius 2 is 2.12 bits per heavy atom. The Balaban J connectivity index is 2.23. The first-order valence-corrected chi connectivity index (χ1v) is 6.56. The van der Waals surface area contributed by atoms with Crippen molar-refractivity contribution in [2.45, 2.75) is 58.1 Å². The summed E-state index contributed by atoms with van der Waals surface area (Å²) in [6.07, 6.45) is 4.58. The average Bonchev–Trinajstić information content (AvgIpc) is 2.25. The molecule has 1 aliphatic rings. The van der Waals surface area contributed by atoms with Gasteiger partial charge in [0.15, 0.2) is 0 Å². The Bertz CT molecular complexity index is 242. The molecule has 4 heteroatoms. The van der Waals surface area contributed by atoms with E-state index in [9.17, 15) is 4.79 Å². The topological polar surface area (TPSA) is 41.6 Å². The molecule has 0 aromatic heterocycles. The zero-order chi connectivity index (χ0) is 12.9. The Labute approximate surface area is 105 Å². The van der Waals surface area contributed by atoms with E-state index in [0.29, 0.717) is 6.04 Å². The zero-order valence-electron chi connectivity index (χ0n) is 11.6. The molecule has 1 N–H and O–H groups in total. The van der Waals surface area contributed by atoms with E-state index in [1.807, 2.05) is 20.8 Å². The summed E-state index contributed by atoms with van der Waals surface area (Å²) in [6.45, 7) is 7.54. The SMILES string of the molecule is CN(CC[C@H]1CCCCN1)C(=O)OC(C)(C)C. The molecule has 0 radical (unpaired) electrons. The van der Waals surface area contributed by atoms with Crippen LogP contribution >= 0.6 is 0 Å². The van der Waals surface area contributed by atoms with Crippen molar-refractivity contribution in [3.8, 4) is 0 Å². The summed E-state index contributed by atoms with van der Waals surface area (Å²) in [5, 5.41) is 3.48. The Morgan fingerprint density at radius 3 is 2.65 bits per heavy atom. The molecule has 0 aromatic rings. The normalized spacial score (nSPS) is 21.1. The highest BCUT2D eigenvalue weighted by molar-refractivity contribution is 5.67. The van der Waals surface area contributed by atoms with Gasteiger partial charge in [0.2, 0.25) is 0 Å². The minimum atomic E-state index is -0.408. The maximum Gasteiger partial charge on any atom is 0.410 e. The van der Waals surface area contributed by atoms with E-state index in [-0.39, 0.29) is 6.09 Å². The maximum absolute atomic E-state index is 11.7. The van der Waals surface area contributed by atoms with Crippen LogP contribution < -0.4 is 5.32 Å². The molecule has 0 bridgehead atoms.